The van der Waals surface area contributed by atoms with E-state index in [0.29, 0.717) is 0 Å². The summed E-state index contributed by atoms with van der Waals surface area (Å²) >= 11 is 0. The van der Waals surface area contributed by atoms with Gasteiger partial charge in [0.25, 0.3) is 0 Å². The highest BCUT2D eigenvalue weighted by atomic mass is 15.3. The molecule has 3 nitrogen and oxygen atoms in total. The van der Waals surface area contributed by atoms with Crippen LogP contribution in [0.2, 0.25) is 0 Å². The van der Waals surface area contributed by atoms with E-state index in [4.69, 9.17) is 0 Å². The lowest BCUT2D eigenvalue weighted by Crippen LogP contribution is -2.23. The number of hydrogen-bond donors (Lipinski definition) is 1. The second-order valence-corrected chi connectivity index (χ2v) is 3.87. The van der Waals surface area contributed by atoms with Crippen LogP contribution < -0.4 is 5.32 Å². The number of nitrogens with zero attached hydrogens (tertiary/aromatic N) is 2. The number of rotatable bonds is 5. The Balaban J connectivity index is 2.99. The number of aromatic nitrogens is 2. The van der Waals surface area contributed by atoms with Crippen LogP contribution >= 0.6 is 0 Å². The van der Waals surface area contributed by atoms with E-state index in [1.54, 1.807) is 0 Å². The predicted molar refractivity (Wildman–Crippen MR) is 63.8 cm³/mol. The SMILES string of the molecule is C=C(C)C(NCC)c1cc(CC)nn1C. The Bertz CT molecular complexity index is 339. The van der Waals surface area contributed by atoms with Crippen molar-refractivity contribution in [1.29, 1.82) is 0 Å². The van der Waals surface area contributed by atoms with Gasteiger partial charge in [0.2, 0.25) is 0 Å². The van der Waals surface area contributed by atoms with Gasteiger partial charge in [-0.2, -0.15) is 5.10 Å². The summed E-state index contributed by atoms with van der Waals surface area (Å²) in [4.78, 5) is 0. The summed E-state index contributed by atoms with van der Waals surface area (Å²) in [5, 5.41) is 7.87. The molecule has 1 aromatic heterocycles. The molecule has 0 fully saturated rings. The third-order valence-corrected chi connectivity index (χ3v) is 2.53. The van der Waals surface area contributed by atoms with Gasteiger partial charge in [-0.05, 0) is 26.0 Å². The van der Waals surface area contributed by atoms with Gasteiger partial charge in [-0.15, -0.1) is 0 Å². The summed E-state index contributed by atoms with van der Waals surface area (Å²) in [5.74, 6) is 0. The summed E-state index contributed by atoms with van der Waals surface area (Å²) in [6.45, 7) is 11.2. The predicted octanol–water partition coefficient (Wildman–Crippen LogP) is 2.21. The first-order chi connectivity index (χ1) is 7.10. The van der Waals surface area contributed by atoms with Crippen LogP contribution in [0.5, 0.6) is 0 Å². The van der Waals surface area contributed by atoms with Gasteiger partial charge in [-0.1, -0.05) is 26.0 Å². The van der Waals surface area contributed by atoms with Crippen molar-refractivity contribution in [2.45, 2.75) is 33.2 Å². The van der Waals surface area contributed by atoms with E-state index in [0.717, 1.165) is 24.2 Å². The molecule has 1 aromatic rings. The standard InChI is InChI=1S/C12H21N3/c1-6-10-8-11(15(5)14-10)12(9(3)4)13-7-2/h8,12-13H,3,6-7H2,1-2,4-5H3. The first-order valence-electron chi connectivity index (χ1n) is 5.51. The van der Waals surface area contributed by atoms with E-state index in [1.807, 2.05) is 18.7 Å². The molecule has 15 heavy (non-hydrogen) atoms. The molecule has 0 aromatic carbocycles. The second-order valence-electron chi connectivity index (χ2n) is 3.87. The largest absolute Gasteiger partial charge is 0.306 e. The van der Waals surface area contributed by atoms with E-state index in [2.05, 4.69) is 36.9 Å². The molecule has 0 aliphatic heterocycles. The topological polar surface area (TPSA) is 29.9 Å². The zero-order chi connectivity index (χ0) is 11.4. The number of likely N-dealkylation sites (N-methyl/N-ethyl adjacent to an activating group) is 1. The molecule has 84 valence electrons. The van der Waals surface area contributed by atoms with Crippen LogP contribution in [0.25, 0.3) is 0 Å². The van der Waals surface area contributed by atoms with E-state index in [9.17, 15) is 0 Å². The zero-order valence-corrected chi connectivity index (χ0v) is 10.2. The molecule has 1 rings (SSSR count). The van der Waals surface area contributed by atoms with Gasteiger partial charge in [0.05, 0.1) is 17.4 Å². The quantitative estimate of drug-likeness (QED) is 0.750. The minimum Gasteiger partial charge on any atom is -0.306 e. The summed E-state index contributed by atoms with van der Waals surface area (Å²) < 4.78 is 1.95. The maximum Gasteiger partial charge on any atom is 0.0702 e. The Kier molecular flexibility index (Phi) is 4.09. The lowest BCUT2D eigenvalue weighted by atomic mass is 10.1. The molecule has 0 saturated heterocycles. The van der Waals surface area contributed by atoms with Crippen molar-refractivity contribution >= 4 is 0 Å². The molecule has 0 aliphatic rings. The van der Waals surface area contributed by atoms with Crippen molar-refractivity contribution in [1.82, 2.24) is 15.1 Å². The van der Waals surface area contributed by atoms with Gasteiger partial charge in [0.15, 0.2) is 0 Å². The van der Waals surface area contributed by atoms with Crippen molar-refractivity contribution in [3.8, 4) is 0 Å². The van der Waals surface area contributed by atoms with Crippen LogP contribution in [0.15, 0.2) is 18.2 Å². The molecule has 0 amide bonds. The Morgan fingerprint density at radius 2 is 2.27 bits per heavy atom. The van der Waals surface area contributed by atoms with Crippen LogP contribution in [0.3, 0.4) is 0 Å². The highest BCUT2D eigenvalue weighted by Crippen LogP contribution is 2.20. The average molecular weight is 207 g/mol. The maximum atomic E-state index is 4.45. The number of hydrogen-bond acceptors (Lipinski definition) is 2. The van der Waals surface area contributed by atoms with Crippen molar-refractivity contribution < 1.29 is 0 Å². The third kappa shape index (κ3) is 2.69. The van der Waals surface area contributed by atoms with Crippen LogP contribution in [0.1, 0.15) is 38.2 Å². The Morgan fingerprint density at radius 1 is 1.60 bits per heavy atom. The normalized spacial score (nSPS) is 12.8. The summed E-state index contributed by atoms with van der Waals surface area (Å²) in [7, 11) is 1.99. The molecular formula is C12H21N3. The minimum atomic E-state index is 0.216. The van der Waals surface area contributed by atoms with E-state index < -0.39 is 0 Å². The molecule has 1 N–H and O–H groups in total. The van der Waals surface area contributed by atoms with Gasteiger partial charge in [-0.3, -0.25) is 4.68 Å². The monoisotopic (exact) mass is 207 g/mol. The van der Waals surface area contributed by atoms with Crippen molar-refractivity contribution in [3.63, 3.8) is 0 Å². The van der Waals surface area contributed by atoms with Crippen LogP contribution in [-0.2, 0) is 13.5 Å². The summed E-state index contributed by atoms with van der Waals surface area (Å²) in [6.07, 6.45) is 0.975. The van der Waals surface area contributed by atoms with E-state index >= 15 is 0 Å². The lowest BCUT2D eigenvalue weighted by molar-refractivity contribution is 0.565. The number of aryl methyl sites for hydroxylation is 2. The molecule has 0 radical (unpaired) electrons. The number of nitrogens with one attached hydrogen (secondary N) is 1. The molecule has 1 heterocycles. The van der Waals surface area contributed by atoms with Crippen molar-refractivity contribution in [3.05, 3.63) is 29.6 Å². The van der Waals surface area contributed by atoms with Gasteiger partial charge < -0.3 is 5.32 Å². The van der Waals surface area contributed by atoms with Gasteiger partial charge in [-0.25, -0.2) is 0 Å². The second kappa shape index (κ2) is 5.12. The Labute approximate surface area is 92.2 Å². The Hall–Kier alpha value is -1.09. The lowest BCUT2D eigenvalue weighted by Gasteiger charge is -2.17. The van der Waals surface area contributed by atoms with E-state index in [1.165, 1.54) is 5.69 Å². The maximum absolute atomic E-state index is 4.45. The van der Waals surface area contributed by atoms with Crippen molar-refractivity contribution in [2.24, 2.45) is 7.05 Å². The molecule has 1 atom stereocenters. The zero-order valence-electron chi connectivity index (χ0n) is 10.2. The first-order valence-corrected chi connectivity index (χ1v) is 5.51. The summed E-state index contributed by atoms with van der Waals surface area (Å²) in [6, 6.07) is 2.37. The molecule has 0 aliphatic carbocycles. The van der Waals surface area contributed by atoms with Gasteiger partial charge in [0.1, 0.15) is 0 Å². The average Bonchev–Trinajstić information content (AvgIpc) is 2.55. The molecular weight excluding hydrogens is 186 g/mol. The highest BCUT2D eigenvalue weighted by molar-refractivity contribution is 5.22. The van der Waals surface area contributed by atoms with Crippen LogP contribution in [0, 0.1) is 0 Å². The molecule has 1 unspecified atom stereocenters. The fraction of sp³-hybridized carbons (Fsp3) is 0.583. The van der Waals surface area contributed by atoms with Crippen LogP contribution in [-0.4, -0.2) is 16.3 Å². The smallest absolute Gasteiger partial charge is 0.0702 e. The molecule has 0 saturated carbocycles. The molecule has 0 spiro atoms. The fourth-order valence-corrected chi connectivity index (χ4v) is 1.72. The molecule has 0 bridgehead atoms. The first kappa shape index (κ1) is 12.0. The van der Waals surface area contributed by atoms with Gasteiger partial charge in [0, 0.05) is 7.05 Å². The highest BCUT2D eigenvalue weighted by Gasteiger charge is 2.15. The van der Waals surface area contributed by atoms with Gasteiger partial charge >= 0.3 is 0 Å². The fourth-order valence-electron chi connectivity index (χ4n) is 1.72. The van der Waals surface area contributed by atoms with Crippen molar-refractivity contribution in [2.75, 3.05) is 6.54 Å². The molecule has 3 heteroatoms. The third-order valence-electron chi connectivity index (χ3n) is 2.53. The minimum absolute atomic E-state index is 0.216. The van der Waals surface area contributed by atoms with Crippen LogP contribution in [0.4, 0.5) is 0 Å². The summed E-state index contributed by atoms with van der Waals surface area (Å²) in [5.41, 5.74) is 3.46. The van der Waals surface area contributed by atoms with E-state index in [-0.39, 0.29) is 6.04 Å². The Morgan fingerprint density at radius 3 is 2.67 bits per heavy atom.